The number of aromatic amines is 1. The Morgan fingerprint density at radius 1 is 1.48 bits per heavy atom. The van der Waals surface area contributed by atoms with Gasteiger partial charge >= 0.3 is 11.5 Å². The second-order valence-electron chi connectivity index (χ2n) is 4.70. The predicted octanol–water partition coefficient (Wildman–Crippen LogP) is 1.28. The Balaban J connectivity index is 2.43. The minimum Gasteiger partial charge on any atom is -0.461 e. The standard InChI is InChI=1S/C14H16N2O5/c1-2-21-13(18)14(9-17,16(19)20)7-10-8-15-12-6-4-3-5-11(10)12/h3-6,8,15,17H,2,7,9H2,1H3. The zero-order chi connectivity index (χ0) is 15.5. The van der Waals surface area contributed by atoms with Gasteiger partial charge in [0.05, 0.1) is 13.0 Å². The van der Waals surface area contributed by atoms with Crippen molar-refractivity contribution in [1.29, 1.82) is 0 Å². The smallest absolute Gasteiger partial charge is 0.387 e. The van der Waals surface area contributed by atoms with E-state index >= 15 is 0 Å². The number of carbonyl (C=O) groups is 1. The second-order valence-corrected chi connectivity index (χ2v) is 4.70. The summed E-state index contributed by atoms with van der Waals surface area (Å²) in [6.45, 7) is 0.659. The van der Waals surface area contributed by atoms with Gasteiger partial charge in [-0.2, -0.15) is 0 Å². The van der Waals surface area contributed by atoms with Crippen molar-refractivity contribution < 1.29 is 19.6 Å². The molecule has 1 aromatic heterocycles. The normalized spacial score (nSPS) is 13.8. The topological polar surface area (TPSA) is 105 Å². The molecule has 7 heteroatoms. The summed E-state index contributed by atoms with van der Waals surface area (Å²) in [7, 11) is 0. The molecule has 0 aliphatic heterocycles. The molecule has 0 spiro atoms. The number of carbonyl (C=O) groups excluding carboxylic acids is 1. The summed E-state index contributed by atoms with van der Waals surface area (Å²) in [5.41, 5.74) is -0.781. The van der Waals surface area contributed by atoms with Crippen molar-refractivity contribution in [1.82, 2.24) is 4.98 Å². The van der Waals surface area contributed by atoms with Crippen LogP contribution < -0.4 is 0 Å². The Morgan fingerprint density at radius 2 is 2.19 bits per heavy atom. The average Bonchev–Trinajstić information content (AvgIpc) is 2.87. The third-order valence-electron chi connectivity index (χ3n) is 3.42. The number of hydrogen-bond donors (Lipinski definition) is 2. The molecule has 1 atom stereocenters. The minimum absolute atomic E-state index is 0.0162. The van der Waals surface area contributed by atoms with Gasteiger partial charge in [0.2, 0.25) is 0 Å². The Hall–Kier alpha value is -2.41. The van der Waals surface area contributed by atoms with Crippen LogP contribution in [0.4, 0.5) is 0 Å². The summed E-state index contributed by atoms with van der Waals surface area (Å²) in [6.07, 6.45) is 1.37. The fourth-order valence-corrected chi connectivity index (χ4v) is 2.25. The van der Waals surface area contributed by atoms with Crippen molar-refractivity contribution >= 4 is 16.9 Å². The highest BCUT2D eigenvalue weighted by Crippen LogP contribution is 2.25. The number of nitrogens with zero attached hydrogens (tertiary/aromatic N) is 1. The fraction of sp³-hybridized carbons (Fsp3) is 0.357. The molecule has 0 amide bonds. The monoisotopic (exact) mass is 292 g/mol. The summed E-state index contributed by atoms with van der Waals surface area (Å²) < 4.78 is 4.77. The summed E-state index contributed by atoms with van der Waals surface area (Å²) in [5.74, 6) is -1.03. The molecule has 0 bridgehead atoms. The number of para-hydroxylation sites is 1. The van der Waals surface area contributed by atoms with Crippen molar-refractivity contribution in [2.24, 2.45) is 0 Å². The molecule has 0 aliphatic rings. The van der Waals surface area contributed by atoms with E-state index in [2.05, 4.69) is 4.98 Å². The van der Waals surface area contributed by atoms with E-state index in [1.165, 1.54) is 0 Å². The van der Waals surface area contributed by atoms with E-state index in [0.29, 0.717) is 5.56 Å². The average molecular weight is 292 g/mol. The lowest BCUT2D eigenvalue weighted by Crippen LogP contribution is -2.52. The number of rotatable bonds is 6. The SMILES string of the molecule is CCOC(=O)C(CO)(Cc1c[nH]c2ccccc12)[N+](=O)[O-]. The molecule has 7 nitrogen and oxygen atoms in total. The number of nitro groups is 1. The molecule has 0 aliphatic carbocycles. The van der Waals surface area contributed by atoms with E-state index in [0.717, 1.165) is 10.9 Å². The number of ether oxygens (including phenoxy) is 1. The van der Waals surface area contributed by atoms with E-state index in [4.69, 9.17) is 4.74 Å². The Morgan fingerprint density at radius 3 is 2.81 bits per heavy atom. The lowest BCUT2D eigenvalue weighted by molar-refractivity contribution is -0.558. The minimum atomic E-state index is -2.18. The van der Waals surface area contributed by atoms with Gasteiger partial charge in [0.25, 0.3) is 0 Å². The maximum atomic E-state index is 12.0. The molecule has 1 aromatic carbocycles. The molecule has 0 radical (unpaired) electrons. The van der Waals surface area contributed by atoms with Crippen LogP contribution in [0.5, 0.6) is 0 Å². The van der Waals surface area contributed by atoms with E-state index in [9.17, 15) is 20.0 Å². The molecule has 21 heavy (non-hydrogen) atoms. The third-order valence-corrected chi connectivity index (χ3v) is 3.42. The van der Waals surface area contributed by atoms with Crippen LogP contribution in [0, 0.1) is 10.1 Å². The van der Waals surface area contributed by atoms with Crippen LogP contribution in [0.3, 0.4) is 0 Å². The van der Waals surface area contributed by atoms with Crippen LogP contribution >= 0.6 is 0 Å². The van der Waals surface area contributed by atoms with Crippen molar-refractivity contribution in [2.75, 3.05) is 13.2 Å². The molecule has 0 saturated carbocycles. The second kappa shape index (κ2) is 5.92. The van der Waals surface area contributed by atoms with Crippen molar-refractivity contribution in [3.63, 3.8) is 0 Å². The van der Waals surface area contributed by atoms with Crippen LogP contribution in [0.15, 0.2) is 30.5 Å². The lowest BCUT2D eigenvalue weighted by Gasteiger charge is -2.20. The number of aliphatic hydroxyl groups excluding tert-OH is 1. The fourth-order valence-electron chi connectivity index (χ4n) is 2.25. The van der Waals surface area contributed by atoms with Gasteiger partial charge in [-0.15, -0.1) is 0 Å². The first-order valence-corrected chi connectivity index (χ1v) is 6.52. The molecule has 2 rings (SSSR count). The van der Waals surface area contributed by atoms with E-state index in [1.807, 2.05) is 12.1 Å². The van der Waals surface area contributed by atoms with E-state index in [1.54, 1.807) is 25.3 Å². The van der Waals surface area contributed by atoms with Crippen LogP contribution in [0.1, 0.15) is 12.5 Å². The largest absolute Gasteiger partial charge is 0.461 e. The third kappa shape index (κ3) is 2.59. The number of fused-ring (bicyclic) bond motifs is 1. The van der Waals surface area contributed by atoms with Crippen molar-refractivity contribution in [2.45, 2.75) is 18.9 Å². The van der Waals surface area contributed by atoms with Gasteiger partial charge in [0.15, 0.2) is 0 Å². The molecule has 0 fully saturated rings. The van der Waals surface area contributed by atoms with Crippen molar-refractivity contribution in [3.8, 4) is 0 Å². The van der Waals surface area contributed by atoms with Crippen LogP contribution in [-0.2, 0) is 16.0 Å². The van der Waals surface area contributed by atoms with Crippen LogP contribution in [0.2, 0.25) is 0 Å². The molecule has 2 aromatic rings. The summed E-state index contributed by atoms with van der Waals surface area (Å²) in [4.78, 5) is 25.5. The molecule has 112 valence electrons. The van der Waals surface area contributed by atoms with Gasteiger partial charge in [-0.1, -0.05) is 18.2 Å². The Bertz CT molecular complexity index is 666. The highest BCUT2D eigenvalue weighted by atomic mass is 16.6. The molecule has 2 N–H and O–H groups in total. The zero-order valence-electron chi connectivity index (χ0n) is 11.5. The highest BCUT2D eigenvalue weighted by Gasteiger charge is 2.52. The number of H-pyrrole nitrogens is 1. The summed E-state index contributed by atoms with van der Waals surface area (Å²) in [5, 5.41) is 21.6. The van der Waals surface area contributed by atoms with Crippen LogP contribution in [-0.4, -0.2) is 39.7 Å². The lowest BCUT2D eigenvalue weighted by atomic mass is 9.92. The molecule has 1 unspecified atom stereocenters. The Labute approximate surface area is 120 Å². The summed E-state index contributed by atoms with van der Waals surface area (Å²) in [6, 6.07) is 7.27. The zero-order valence-corrected chi connectivity index (χ0v) is 11.5. The highest BCUT2D eigenvalue weighted by molar-refractivity contribution is 5.85. The number of aliphatic hydroxyl groups is 1. The molecular formula is C14H16N2O5. The molecule has 0 saturated heterocycles. The van der Waals surface area contributed by atoms with E-state index in [-0.39, 0.29) is 13.0 Å². The predicted molar refractivity (Wildman–Crippen MR) is 75.4 cm³/mol. The van der Waals surface area contributed by atoms with Crippen LogP contribution in [0.25, 0.3) is 10.9 Å². The van der Waals surface area contributed by atoms with Crippen molar-refractivity contribution in [3.05, 3.63) is 46.1 Å². The van der Waals surface area contributed by atoms with Gasteiger partial charge in [-0.3, -0.25) is 10.1 Å². The number of esters is 1. The number of hydrogen-bond acceptors (Lipinski definition) is 5. The van der Waals surface area contributed by atoms with Gasteiger partial charge in [0, 0.05) is 22.0 Å². The summed E-state index contributed by atoms with van der Waals surface area (Å²) >= 11 is 0. The van der Waals surface area contributed by atoms with Gasteiger partial charge in [-0.05, 0) is 18.6 Å². The number of benzene rings is 1. The number of nitrogens with one attached hydrogen (secondary N) is 1. The van der Waals surface area contributed by atoms with Gasteiger partial charge in [-0.25, -0.2) is 4.79 Å². The maximum Gasteiger partial charge on any atom is 0.387 e. The first-order chi connectivity index (χ1) is 10.0. The first-order valence-electron chi connectivity index (χ1n) is 6.52. The molecular weight excluding hydrogens is 276 g/mol. The van der Waals surface area contributed by atoms with Gasteiger partial charge < -0.3 is 14.8 Å². The maximum absolute atomic E-state index is 12.0. The van der Waals surface area contributed by atoms with E-state index < -0.39 is 23.0 Å². The molecule has 1 heterocycles. The van der Waals surface area contributed by atoms with Gasteiger partial charge in [0.1, 0.15) is 6.61 Å². The quantitative estimate of drug-likeness (QED) is 0.474. The first kappa shape index (κ1) is 15.0. The number of aromatic nitrogens is 1. The Kier molecular flexibility index (Phi) is 4.23.